The number of carbonyl (C=O) groups is 3. The molecule has 0 aromatic rings. The van der Waals surface area contributed by atoms with Crippen LogP contribution >= 0.6 is 0 Å². The first-order chi connectivity index (χ1) is 12.0. The maximum Gasteiger partial charge on any atom is 0.333 e. The highest BCUT2D eigenvalue weighted by Gasteiger charge is 2.72. The third kappa shape index (κ3) is 2.74. The molecule has 4 rings (SSSR count). The molecular formula is C20H28O6. The molecule has 0 N–H and O–H groups in total. The molecule has 2 unspecified atom stereocenters. The number of carbonyl (C=O) groups excluding carboxylic acids is 3. The Bertz CT molecular complexity index is 646. The van der Waals surface area contributed by atoms with Crippen molar-refractivity contribution in [3.63, 3.8) is 0 Å². The summed E-state index contributed by atoms with van der Waals surface area (Å²) in [5, 5.41) is 0. The van der Waals surface area contributed by atoms with Crippen molar-refractivity contribution >= 4 is 17.9 Å². The predicted octanol–water partition coefficient (Wildman–Crippen LogP) is 2.80. The smallest absolute Gasteiger partial charge is 0.333 e. The molecule has 0 saturated heterocycles. The second kappa shape index (κ2) is 5.83. The summed E-state index contributed by atoms with van der Waals surface area (Å²) in [7, 11) is 2.78. The molecule has 144 valence electrons. The van der Waals surface area contributed by atoms with Crippen molar-refractivity contribution in [2.75, 3.05) is 20.8 Å². The second-order valence-corrected chi connectivity index (χ2v) is 9.27. The summed E-state index contributed by atoms with van der Waals surface area (Å²) >= 11 is 0. The lowest BCUT2D eigenvalue weighted by Gasteiger charge is -2.67. The standard InChI is InChI=1S/C20H28O6/c1-13(2)14(21)26-12-18-6-17(3)7-19(9-18,15(22)24-4)11-20(8-17,10-18)16(23)25-5/h1,6-12H2,2-5H3. The molecule has 4 aliphatic carbocycles. The maximum absolute atomic E-state index is 12.8. The monoisotopic (exact) mass is 364 g/mol. The number of rotatable bonds is 5. The topological polar surface area (TPSA) is 78.9 Å². The van der Waals surface area contributed by atoms with Crippen molar-refractivity contribution in [2.45, 2.75) is 52.4 Å². The van der Waals surface area contributed by atoms with Crippen LogP contribution in [0.4, 0.5) is 0 Å². The summed E-state index contributed by atoms with van der Waals surface area (Å²) < 4.78 is 15.8. The van der Waals surface area contributed by atoms with Gasteiger partial charge in [0.25, 0.3) is 0 Å². The number of methoxy groups -OCH3 is 2. The van der Waals surface area contributed by atoms with E-state index in [9.17, 15) is 14.4 Å². The van der Waals surface area contributed by atoms with E-state index in [0.29, 0.717) is 37.7 Å². The van der Waals surface area contributed by atoms with Gasteiger partial charge in [0.1, 0.15) is 0 Å². The van der Waals surface area contributed by atoms with Crippen LogP contribution in [0.15, 0.2) is 12.2 Å². The summed E-state index contributed by atoms with van der Waals surface area (Å²) in [5.74, 6) is -0.983. The van der Waals surface area contributed by atoms with Crippen LogP contribution in [0.25, 0.3) is 0 Å². The zero-order chi connectivity index (χ0) is 19.4. The number of esters is 3. The van der Waals surface area contributed by atoms with Gasteiger partial charge < -0.3 is 14.2 Å². The van der Waals surface area contributed by atoms with E-state index in [2.05, 4.69) is 13.5 Å². The Morgan fingerprint density at radius 1 is 0.885 bits per heavy atom. The SMILES string of the molecule is C=C(C)C(=O)OCC12CC3(C)CC(C(=O)OC)(C1)CC(C(=O)OC)(C3)C2. The van der Waals surface area contributed by atoms with Gasteiger partial charge in [-0.2, -0.15) is 0 Å². The van der Waals surface area contributed by atoms with E-state index in [1.165, 1.54) is 14.2 Å². The Morgan fingerprint density at radius 3 is 1.81 bits per heavy atom. The van der Waals surface area contributed by atoms with Crippen LogP contribution in [0.3, 0.4) is 0 Å². The Morgan fingerprint density at radius 2 is 1.38 bits per heavy atom. The van der Waals surface area contributed by atoms with Gasteiger partial charge in [0.05, 0.1) is 31.7 Å². The van der Waals surface area contributed by atoms with E-state index < -0.39 is 22.2 Å². The minimum absolute atomic E-state index is 0.186. The highest BCUT2D eigenvalue weighted by Crippen LogP contribution is 2.74. The molecule has 6 nitrogen and oxygen atoms in total. The molecule has 4 saturated carbocycles. The van der Waals surface area contributed by atoms with Gasteiger partial charge in [0.2, 0.25) is 0 Å². The van der Waals surface area contributed by atoms with Crippen LogP contribution in [-0.2, 0) is 28.6 Å². The van der Waals surface area contributed by atoms with Crippen LogP contribution in [0, 0.1) is 21.7 Å². The average Bonchev–Trinajstić information content (AvgIpc) is 2.55. The molecule has 0 heterocycles. The third-order valence-electron chi connectivity index (χ3n) is 6.53. The first-order valence-electron chi connectivity index (χ1n) is 9.03. The summed E-state index contributed by atoms with van der Waals surface area (Å²) in [4.78, 5) is 37.5. The predicted molar refractivity (Wildman–Crippen MR) is 92.9 cm³/mol. The fraction of sp³-hybridized carbons (Fsp3) is 0.750. The van der Waals surface area contributed by atoms with E-state index in [1.807, 2.05) is 0 Å². The van der Waals surface area contributed by atoms with E-state index >= 15 is 0 Å². The number of ether oxygens (including phenoxy) is 3. The van der Waals surface area contributed by atoms with E-state index in [-0.39, 0.29) is 24.0 Å². The molecule has 6 heteroatoms. The first kappa shape index (κ1) is 18.9. The lowest BCUT2D eigenvalue weighted by Crippen LogP contribution is -2.65. The molecule has 0 spiro atoms. The van der Waals surface area contributed by atoms with Crippen molar-refractivity contribution < 1.29 is 28.6 Å². The highest BCUT2D eigenvalue weighted by atomic mass is 16.5. The molecule has 0 radical (unpaired) electrons. The van der Waals surface area contributed by atoms with Gasteiger partial charge in [0.15, 0.2) is 0 Å². The largest absolute Gasteiger partial charge is 0.469 e. The molecular weight excluding hydrogens is 336 g/mol. The Kier molecular flexibility index (Phi) is 4.24. The van der Waals surface area contributed by atoms with Crippen LogP contribution in [0.1, 0.15) is 52.4 Å². The summed E-state index contributed by atoms with van der Waals surface area (Å²) in [5.41, 5.74) is -1.71. The van der Waals surface area contributed by atoms with Crippen LogP contribution in [0.5, 0.6) is 0 Å². The zero-order valence-electron chi connectivity index (χ0n) is 16.1. The van der Waals surface area contributed by atoms with Gasteiger partial charge in [0, 0.05) is 11.0 Å². The zero-order valence-corrected chi connectivity index (χ0v) is 16.1. The quantitative estimate of drug-likeness (QED) is 0.424. The Balaban J connectivity index is 2.01. The Hall–Kier alpha value is -1.85. The number of hydrogen-bond donors (Lipinski definition) is 0. The van der Waals surface area contributed by atoms with Gasteiger partial charge in [-0.1, -0.05) is 13.5 Å². The van der Waals surface area contributed by atoms with E-state index in [1.54, 1.807) is 6.92 Å². The molecule has 0 amide bonds. The third-order valence-corrected chi connectivity index (χ3v) is 6.53. The molecule has 4 bridgehead atoms. The van der Waals surface area contributed by atoms with Gasteiger partial charge in [-0.3, -0.25) is 9.59 Å². The minimum atomic E-state index is -0.720. The molecule has 26 heavy (non-hydrogen) atoms. The van der Waals surface area contributed by atoms with E-state index in [0.717, 1.165) is 6.42 Å². The molecule has 0 aromatic carbocycles. The van der Waals surface area contributed by atoms with Crippen molar-refractivity contribution in [3.8, 4) is 0 Å². The van der Waals surface area contributed by atoms with Crippen molar-refractivity contribution in [2.24, 2.45) is 21.7 Å². The molecule has 0 aromatic heterocycles. The minimum Gasteiger partial charge on any atom is -0.469 e. The lowest BCUT2D eigenvalue weighted by molar-refractivity contribution is -0.229. The number of hydrogen-bond acceptors (Lipinski definition) is 6. The van der Waals surface area contributed by atoms with Crippen LogP contribution in [0.2, 0.25) is 0 Å². The molecule has 4 aliphatic rings. The fourth-order valence-corrected chi connectivity index (χ4v) is 6.73. The van der Waals surface area contributed by atoms with Gasteiger partial charge in [-0.15, -0.1) is 0 Å². The van der Waals surface area contributed by atoms with Gasteiger partial charge in [-0.25, -0.2) is 4.79 Å². The molecule has 2 atom stereocenters. The average molecular weight is 364 g/mol. The van der Waals surface area contributed by atoms with Crippen molar-refractivity contribution in [1.82, 2.24) is 0 Å². The summed E-state index contributed by atoms with van der Waals surface area (Å²) in [6.07, 6.45) is 3.81. The van der Waals surface area contributed by atoms with Gasteiger partial charge in [-0.05, 0) is 50.9 Å². The van der Waals surface area contributed by atoms with Crippen molar-refractivity contribution in [1.29, 1.82) is 0 Å². The van der Waals surface area contributed by atoms with Gasteiger partial charge >= 0.3 is 17.9 Å². The van der Waals surface area contributed by atoms with Crippen LogP contribution in [-0.4, -0.2) is 38.7 Å². The summed E-state index contributed by atoms with van der Waals surface area (Å²) in [6.45, 7) is 7.53. The molecule has 0 aliphatic heterocycles. The maximum atomic E-state index is 12.8. The van der Waals surface area contributed by atoms with Crippen LogP contribution < -0.4 is 0 Å². The Labute approximate surface area is 154 Å². The summed E-state index contributed by atoms with van der Waals surface area (Å²) in [6, 6.07) is 0. The lowest BCUT2D eigenvalue weighted by atomic mass is 9.36. The van der Waals surface area contributed by atoms with Crippen molar-refractivity contribution in [3.05, 3.63) is 12.2 Å². The van der Waals surface area contributed by atoms with E-state index in [4.69, 9.17) is 14.2 Å². The first-order valence-corrected chi connectivity index (χ1v) is 9.03. The highest BCUT2D eigenvalue weighted by molar-refractivity contribution is 5.87. The normalized spacial score (nSPS) is 40.0. The fourth-order valence-electron chi connectivity index (χ4n) is 6.73. The molecule has 4 fully saturated rings. The second-order valence-electron chi connectivity index (χ2n) is 9.27.